The van der Waals surface area contributed by atoms with Gasteiger partial charge in [0, 0.05) is 29.3 Å². The lowest BCUT2D eigenvalue weighted by Gasteiger charge is -2.15. The maximum Gasteiger partial charge on any atom is 0.291 e. The van der Waals surface area contributed by atoms with E-state index in [1.165, 1.54) is 6.26 Å². The first-order chi connectivity index (χ1) is 15.2. The molecule has 2 amide bonds. The van der Waals surface area contributed by atoms with E-state index >= 15 is 0 Å². The zero-order valence-corrected chi connectivity index (χ0v) is 18.3. The van der Waals surface area contributed by atoms with Crippen molar-refractivity contribution in [2.75, 3.05) is 23.4 Å². The van der Waals surface area contributed by atoms with Gasteiger partial charge >= 0.3 is 0 Å². The molecule has 8 heteroatoms. The van der Waals surface area contributed by atoms with Crippen LogP contribution in [0.3, 0.4) is 0 Å². The Hall–Kier alpha value is -2.84. The van der Waals surface area contributed by atoms with Crippen LogP contribution in [0.5, 0.6) is 5.75 Å². The maximum atomic E-state index is 12.3. The quantitative estimate of drug-likeness (QED) is 0.513. The van der Waals surface area contributed by atoms with Crippen molar-refractivity contribution in [2.24, 2.45) is 0 Å². The fraction of sp³-hybridized carbons (Fsp3) is 0.217. The number of thioether (sulfide) groups is 2. The van der Waals surface area contributed by atoms with E-state index in [0.29, 0.717) is 16.8 Å². The molecule has 3 aromatic rings. The van der Waals surface area contributed by atoms with Crippen molar-refractivity contribution >= 4 is 41.0 Å². The van der Waals surface area contributed by atoms with E-state index in [4.69, 9.17) is 9.15 Å². The molecule has 31 heavy (non-hydrogen) atoms. The Labute approximate surface area is 189 Å². The van der Waals surface area contributed by atoms with Crippen molar-refractivity contribution in [2.45, 2.75) is 11.1 Å². The fourth-order valence-electron chi connectivity index (χ4n) is 3.05. The third-order valence-corrected chi connectivity index (χ3v) is 7.67. The molecule has 1 aliphatic heterocycles. The number of nitrogens with one attached hydrogen (secondary N) is 2. The molecule has 0 aliphatic carbocycles. The number of furan rings is 1. The van der Waals surface area contributed by atoms with Gasteiger partial charge in [0.2, 0.25) is 0 Å². The van der Waals surface area contributed by atoms with E-state index < -0.39 is 0 Å². The Kier molecular flexibility index (Phi) is 7.22. The van der Waals surface area contributed by atoms with Crippen molar-refractivity contribution < 1.29 is 18.7 Å². The third kappa shape index (κ3) is 5.86. The maximum absolute atomic E-state index is 12.3. The van der Waals surface area contributed by atoms with Gasteiger partial charge < -0.3 is 19.8 Å². The number of hydrogen-bond donors (Lipinski definition) is 2. The molecule has 1 aromatic heterocycles. The summed E-state index contributed by atoms with van der Waals surface area (Å²) in [6.45, 7) is 0.348. The van der Waals surface area contributed by atoms with Gasteiger partial charge in [0.25, 0.3) is 11.8 Å². The minimum Gasteiger partial charge on any atom is -0.483 e. The second kappa shape index (κ2) is 10.5. The van der Waals surface area contributed by atoms with E-state index in [9.17, 15) is 9.59 Å². The van der Waals surface area contributed by atoms with Crippen LogP contribution in [0.4, 0.5) is 5.69 Å². The Morgan fingerprint density at radius 1 is 1.00 bits per heavy atom. The molecule has 6 nitrogen and oxygen atoms in total. The highest BCUT2D eigenvalue weighted by Gasteiger charge is 2.21. The number of hydrogen-bond acceptors (Lipinski definition) is 6. The van der Waals surface area contributed by atoms with Gasteiger partial charge in [-0.1, -0.05) is 30.3 Å². The van der Waals surface area contributed by atoms with Gasteiger partial charge in [0.1, 0.15) is 5.75 Å². The SMILES string of the molecule is O=C(COc1ccccc1C1SCCS1)NCc1ccc(NC(=O)c2ccco2)cc1. The predicted octanol–water partition coefficient (Wildman–Crippen LogP) is 4.71. The molecule has 0 saturated carbocycles. The first-order valence-corrected chi connectivity index (χ1v) is 11.9. The Bertz CT molecular complexity index is 1020. The highest BCUT2D eigenvalue weighted by Crippen LogP contribution is 2.48. The molecule has 0 bridgehead atoms. The second-order valence-corrected chi connectivity index (χ2v) is 9.53. The molecule has 0 radical (unpaired) electrons. The third-order valence-electron chi connectivity index (χ3n) is 4.60. The molecule has 2 heterocycles. The molecule has 4 rings (SSSR count). The number of carbonyl (C=O) groups is 2. The van der Waals surface area contributed by atoms with Gasteiger partial charge in [-0.2, -0.15) is 0 Å². The van der Waals surface area contributed by atoms with Crippen molar-refractivity contribution in [1.29, 1.82) is 0 Å². The van der Waals surface area contributed by atoms with Crippen molar-refractivity contribution in [3.63, 3.8) is 0 Å². The average Bonchev–Trinajstić information content (AvgIpc) is 3.52. The Morgan fingerprint density at radius 2 is 1.77 bits per heavy atom. The van der Waals surface area contributed by atoms with Gasteiger partial charge in [-0.15, -0.1) is 23.5 Å². The van der Waals surface area contributed by atoms with E-state index in [0.717, 1.165) is 28.4 Å². The predicted molar refractivity (Wildman–Crippen MR) is 125 cm³/mol. The number of rotatable bonds is 8. The Morgan fingerprint density at radius 3 is 2.52 bits per heavy atom. The van der Waals surface area contributed by atoms with Crippen LogP contribution in [0.1, 0.15) is 26.3 Å². The smallest absolute Gasteiger partial charge is 0.291 e. The fourth-order valence-corrected chi connectivity index (χ4v) is 5.95. The first-order valence-electron chi connectivity index (χ1n) is 9.84. The second-order valence-electron chi connectivity index (χ2n) is 6.81. The molecule has 0 atom stereocenters. The zero-order chi connectivity index (χ0) is 21.5. The summed E-state index contributed by atoms with van der Waals surface area (Å²) >= 11 is 3.81. The summed E-state index contributed by atoms with van der Waals surface area (Å²) < 4.78 is 11.2. The lowest BCUT2D eigenvalue weighted by atomic mass is 10.2. The summed E-state index contributed by atoms with van der Waals surface area (Å²) in [7, 11) is 0. The van der Waals surface area contributed by atoms with Crippen LogP contribution in [-0.4, -0.2) is 29.9 Å². The molecule has 1 saturated heterocycles. The van der Waals surface area contributed by atoms with Gasteiger partial charge in [-0.3, -0.25) is 9.59 Å². The minimum atomic E-state index is -0.308. The lowest BCUT2D eigenvalue weighted by Crippen LogP contribution is -2.28. The topological polar surface area (TPSA) is 80.6 Å². The number of anilines is 1. The van der Waals surface area contributed by atoms with Crippen molar-refractivity contribution in [3.05, 3.63) is 83.8 Å². The van der Waals surface area contributed by atoms with Crippen LogP contribution in [0, 0.1) is 0 Å². The van der Waals surface area contributed by atoms with Gasteiger partial charge in [0.05, 0.1) is 10.8 Å². The number of para-hydroxylation sites is 1. The number of carbonyl (C=O) groups excluding carboxylic acids is 2. The first kappa shape index (κ1) is 21.4. The monoisotopic (exact) mass is 454 g/mol. The van der Waals surface area contributed by atoms with Gasteiger partial charge in [0.15, 0.2) is 12.4 Å². The summed E-state index contributed by atoms with van der Waals surface area (Å²) in [6, 6.07) is 18.4. The molecule has 2 N–H and O–H groups in total. The summed E-state index contributed by atoms with van der Waals surface area (Å²) in [5.41, 5.74) is 2.71. The highest BCUT2D eigenvalue weighted by atomic mass is 32.2. The lowest BCUT2D eigenvalue weighted by molar-refractivity contribution is -0.123. The summed E-state index contributed by atoms with van der Waals surface area (Å²) in [5, 5.41) is 5.62. The number of ether oxygens (including phenoxy) is 1. The molecule has 1 aliphatic rings. The molecular weight excluding hydrogens is 432 g/mol. The molecule has 160 valence electrons. The minimum absolute atomic E-state index is 0.0314. The van der Waals surface area contributed by atoms with Crippen LogP contribution in [0.15, 0.2) is 71.3 Å². The molecule has 0 spiro atoms. The largest absolute Gasteiger partial charge is 0.483 e. The van der Waals surface area contributed by atoms with E-state index in [-0.39, 0.29) is 24.2 Å². The molecule has 0 unspecified atom stereocenters. The highest BCUT2D eigenvalue weighted by molar-refractivity contribution is 8.19. The standard InChI is InChI=1S/C23H22N2O4S2/c26-21(15-29-19-5-2-1-4-18(19)23-30-12-13-31-23)24-14-16-7-9-17(10-8-16)25-22(27)20-6-3-11-28-20/h1-11,23H,12-15H2,(H,24,26)(H,25,27). The summed E-state index contributed by atoms with van der Waals surface area (Å²) in [6.07, 6.45) is 1.45. The van der Waals surface area contributed by atoms with Crippen LogP contribution < -0.4 is 15.4 Å². The normalized spacial score (nSPS) is 13.7. The number of amides is 2. The Balaban J connectivity index is 1.24. The molecular formula is C23H22N2O4S2. The van der Waals surface area contributed by atoms with Crippen LogP contribution in [-0.2, 0) is 11.3 Å². The van der Waals surface area contributed by atoms with Gasteiger partial charge in [-0.05, 0) is 35.9 Å². The zero-order valence-electron chi connectivity index (χ0n) is 16.7. The van der Waals surface area contributed by atoms with Crippen LogP contribution >= 0.6 is 23.5 Å². The van der Waals surface area contributed by atoms with Crippen molar-refractivity contribution in [3.8, 4) is 5.75 Å². The van der Waals surface area contributed by atoms with Crippen molar-refractivity contribution in [1.82, 2.24) is 5.32 Å². The van der Waals surface area contributed by atoms with E-state index in [1.807, 2.05) is 53.9 Å². The van der Waals surface area contributed by atoms with E-state index in [2.05, 4.69) is 16.7 Å². The summed E-state index contributed by atoms with van der Waals surface area (Å²) in [5.74, 6) is 2.80. The molecule has 2 aromatic carbocycles. The van der Waals surface area contributed by atoms with Gasteiger partial charge in [-0.25, -0.2) is 0 Å². The van der Waals surface area contributed by atoms with Crippen LogP contribution in [0.2, 0.25) is 0 Å². The molecule has 1 fully saturated rings. The summed E-state index contributed by atoms with van der Waals surface area (Å²) in [4.78, 5) is 24.2. The van der Waals surface area contributed by atoms with Crippen LogP contribution in [0.25, 0.3) is 0 Å². The van der Waals surface area contributed by atoms with E-state index in [1.54, 1.807) is 24.3 Å². The average molecular weight is 455 g/mol. The number of benzene rings is 2.